The lowest BCUT2D eigenvalue weighted by Gasteiger charge is -2.10. The molecule has 3 N–H and O–H groups in total. The molecule has 2 aromatic rings. The minimum absolute atomic E-state index is 0.00447. The molecule has 0 bridgehead atoms. The van der Waals surface area contributed by atoms with Crippen LogP contribution in [0.2, 0.25) is 0 Å². The maximum Gasteiger partial charge on any atom is 0.228 e. The van der Waals surface area contributed by atoms with Gasteiger partial charge in [0.15, 0.2) is 5.16 Å². The lowest BCUT2D eigenvalue weighted by molar-refractivity contribution is -0.115. The van der Waals surface area contributed by atoms with Crippen molar-refractivity contribution in [1.29, 1.82) is 0 Å². The number of nitrogens with zero attached hydrogens (tertiary/aromatic N) is 2. The lowest BCUT2D eigenvalue weighted by atomic mass is 10.1. The fraction of sp³-hybridized carbons (Fsp3) is 0.267. The first-order valence-corrected chi connectivity index (χ1v) is 7.47. The van der Waals surface area contributed by atoms with E-state index in [1.807, 2.05) is 32.9 Å². The van der Waals surface area contributed by atoms with Crippen molar-refractivity contribution in [3.63, 3.8) is 0 Å². The molecular formula is C15H16N4OS. The van der Waals surface area contributed by atoms with Gasteiger partial charge in [-0.15, -0.1) is 0 Å². The molecule has 0 saturated heterocycles. The van der Waals surface area contributed by atoms with Gasteiger partial charge in [-0.25, -0.2) is 9.97 Å². The van der Waals surface area contributed by atoms with Gasteiger partial charge in [-0.2, -0.15) is 0 Å². The van der Waals surface area contributed by atoms with Crippen LogP contribution < -0.4 is 11.1 Å². The Morgan fingerprint density at radius 1 is 1.19 bits per heavy atom. The van der Waals surface area contributed by atoms with Crippen molar-refractivity contribution in [2.75, 3.05) is 11.1 Å². The molecule has 0 saturated carbocycles. The van der Waals surface area contributed by atoms with Crippen molar-refractivity contribution in [2.24, 2.45) is 0 Å². The van der Waals surface area contributed by atoms with Crippen LogP contribution in [-0.2, 0) is 11.2 Å². The smallest absolute Gasteiger partial charge is 0.228 e. The van der Waals surface area contributed by atoms with Gasteiger partial charge in [-0.05, 0) is 55.8 Å². The maximum atomic E-state index is 11.4. The number of nitrogen functional groups attached to an aromatic ring is 1. The van der Waals surface area contributed by atoms with Gasteiger partial charge < -0.3 is 11.1 Å². The number of aryl methyl sites for hydroxylation is 2. The summed E-state index contributed by atoms with van der Waals surface area (Å²) in [7, 11) is 0. The van der Waals surface area contributed by atoms with Crippen LogP contribution in [0.4, 0.5) is 11.4 Å². The maximum absolute atomic E-state index is 11.4. The van der Waals surface area contributed by atoms with Gasteiger partial charge in [0.2, 0.25) is 5.91 Å². The van der Waals surface area contributed by atoms with Crippen LogP contribution in [0.15, 0.2) is 22.2 Å². The largest absolute Gasteiger partial charge is 0.398 e. The average Bonchev–Trinajstić information content (AvgIpc) is 2.75. The Morgan fingerprint density at radius 3 is 2.52 bits per heavy atom. The molecule has 1 aromatic carbocycles. The summed E-state index contributed by atoms with van der Waals surface area (Å²) in [6.45, 7) is 5.96. The van der Waals surface area contributed by atoms with Crippen molar-refractivity contribution in [3.8, 4) is 0 Å². The van der Waals surface area contributed by atoms with Gasteiger partial charge in [-0.1, -0.05) is 0 Å². The van der Waals surface area contributed by atoms with Crippen molar-refractivity contribution >= 4 is 29.0 Å². The summed E-state index contributed by atoms with van der Waals surface area (Å²) in [5.41, 5.74) is 11.5. The zero-order valence-corrected chi connectivity index (χ0v) is 13.0. The van der Waals surface area contributed by atoms with Crippen LogP contribution in [0, 0.1) is 20.8 Å². The number of hydrogen-bond donors (Lipinski definition) is 2. The van der Waals surface area contributed by atoms with Gasteiger partial charge in [0.1, 0.15) is 0 Å². The molecule has 21 heavy (non-hydrogen) atoms. The highest BCUT2D eigenvalue weighted by molar-refractivity contribution is 7.99. The van der Waals surface area contributed by atoms with E-state index in [1.165, 1.54) is 11.8 Å². The highest BCUT2D eigenvalue weighted by atomic mass is 32.2. The number of benzene rings is 1. The third-order valence-electron chi connectivity index (χ3n) is 3.67. The number of nitrogens with two attached hydrogens (primary N) is 1. The van der Waals surface area contributed by atoms with E-state index < -0.39 is 0 Å². The first-order chi connectivity index (χ1) is 9.94. The third kappa shape index (κ3) is 2.58. The molecule has 0 fully saturated rings. The second-order valence-electron chi connectivity index (χ2n) is 5.18. The Hall–Kier alpha value is -2.08. The molecule has 1 aliphatic rings. The summed E-state index contributed by atoms with van der Waals surface area (Å²) < 4.78 is 0. The second-order valence-corrected chi connectivity index (χ2v) is 6.19. The van der Waals surface area contributed by atoms with Crippen LogP contribution in [0.5, 0.6) is 0 Å². The van der Waals surface area contributed by atoms with Gasteiger partial charge in [-0.3, -0.25) is 4.79 Å². The first-order valence-electron chi connectivity index (χ1n) is 6.66. The Bertz CT molecular complexity index is 735. The Morgan fingerprint density at radius 2 is 1.86 bits per heavy atom. The van der Waals surface area contributed by atoms with Crippen molar-refractivity contribution in [2.45, 2.75) is 37.2 Å². The van der Waals surface area contributed by atoms with Crippen molar-refractivity contribution in [1.82, 2.24) is 9.97 Å². The monoisotopic (exact) mass is 300 g/mol. The lowest BCUT2D eigenvalue weighted by Crippen LogP contribution is -2.03. The van der Waals surface area contributed by atoms with Gasteiger partial charge in [0.25, 0.3) is 0 Å². The SMILES string of the molecule is Cc1nc(Sc2cc3c(cc2N)CC(=O)N3)nc(C)c1C. The molecular weight excluding hydrogens is 284 g/mol. The summed E-state index contributed by atoms with van der Waals surface area (Å²) in [6, 6.07) is 3.75. The van der Waals surface area contributed by atoms with E-state index in [1.54, 1.807) is 0 Å². The van der Waals surface area contributed by atoms with E-state index in [-0.39, 0.29) is 5.91 Å². The van der Waals surface area contributed by atoms with E-state index in [0.717, 1.165) is 33.1 Å². The number of aromatic nitrogens is 2. The summed E-state index contributed by atoms with van der Waals surface area (Å²) in [4.78, 5) is 21.3. The predicted molar refractivity (Wildman–Crippen MR) is 83.6 cm³/mol. The van der Waals surface area contributed by atoms with Crippen LogP contribution in [0.1, 0.15) is 22.5 Å². The highest BCUT2D eigenvalue weighted by Crippen LogP contribution is 2.36. The summed E-state index contributed by atoms with van der Waals surface area (Å²) in [6.07, 6.45) is 0.393. The zero-order chi connectivity index (χ0) is 15.1. The van der Waals surface area contributed by atoms with Gasteiger partial charge in [0.05, 0.1) is 6.42 Å². The molecule has 2 heterocycles. The first kappa shape index (κ1) is 13.9. The van der Waals surface area contributed by atoms with E-state index in [0.29, 0.717) is 17.3 Å². The van der Waals surface area contributed by atoms with Gasteiger partial charge in [0, 0.05) is 27.7 Å². The zero-order valence-electron chi connectivity index (χ0n) is 12.2. The van der Waals surface area contributed by atoms with E-state index in [9.17, 15) is 4.79 Å². The standard InChI is InChI=1S/C15H16N4OS/c1-7-8(2)17-15(18-9(7)3)21-13-6-12-10(4-11(13)16)5-14(20)19-12/h4,6H,5,16H2,1-3H3,(H,19,20). The molecule has 6 heteroatoms. The van der Waals surface area contributed by atoms with Crippen molar-refractivity contribution in [3.05, 3.63) is 34.6 Å². The summed E-state index contributed by atoms with van der Waals surface area (Å²) in [5, 5.41) is 3.51. The molecule has 0 radical (unpaired) electrons. The molecule has 0 aliphatic carbocycles. The van der Waals surface area contributed by atoms with E-state index in [2.05, 4.69) is 15.3 Å². The van der Waals surface area contributed by atoms with Crippen LogP contribution in [-0.4, -0.2) is 15.9 Å². The number of carbonyl (C=O) groups is 1. The Labute approximate surface area is 127 Å². The molecule has 0 unspecified atom stereocenters. The summed E-state index contributed by atoms with van der Waals surface area (Å²) in [5.74, 6) is 0.00447. The number of hydrogen-bond acceptors (Lipinski definition) is 5. The molecule has 3 rings (SSSR count). The number of carbonyl (C=O) groups excluding carboxylic acids is 1. The van der Waals surface area contributed by atoms with Crippen LogP contribution >= 0.6 is 11.8 Å². The average molecular weight is 300 g/mol. The van der Waals surface area contributed by atoms with Crippen LogP contribution in [0.3, 0.4) is 0 Å². The quantitative estimate of drug-likeness (QED) is 0.658. The number of amides is 1. The molecule has 1 aliphatic heterocycles. The molecule has 0 atom stereocenters. The van der Waals surface area contributed by atoms with Gasteiger partial charge >= 0.3 is 0 Å². The molecule has 0 spiro atoms. The highest BCUT2D eigenvalue weighted by Gasteiger charge is 2.20. The third-order valence-corrected chi connectivity index (χ3v) is 4.61. The fourth-order valence-corrected chi connectivity index (χ4v) is 3.16. The number of anilines is 2. The predicted octanol–water partition coefficient (Wildman–Crippen LogP) is 2.63. The van der Waals surface area contributed by atoms with Crippen molar-refractivity contribution < 1.29 is 4.79 Å². The topological polar surface area (TPSA) is 80.9 Å². The molecule has 1 amide bonds. The molecule has 1 aromatic heterocycles. The second kappa shape index (κ2) is 5.04. The number of fused-ring (bicyclic) bond motifs is 1. The summed E-state index contributed by atoms with van der Waals surface area (Å²) >= 11 is 1.42. The van der Waals surface area contributed by atoms with E-state index >= 15 is 0 Å². The number of nitrogens with one attached hydrogen (secondary N) is 1. The van der Waals surface area contributed by atoms with E-state index in [4.69, 9.17) is 5.73 Å². The minimum Gasteiger partial charge on any atom is -0.398 e. The fourth-order valence-electron chi connectivity index (χ4n) is 2.25. The molecule has 108 valence electrons. The Kier molecular flexibility index (Phi) is 3.33. The Balaban J connectivity index is 1.96. The van der Waals surface area contributed by atoms with Crippen LogP contribution in [0.25, 0.3) is 0 Å². The molecule has 5 nitrogen and oxygen atoms in total. The number of rotatable bonds is 2. The minimum atomic E-state index is 0.00447. The normalized spacial score (nSPS) is 13.2.